The van der Waals surface area contributed by atoms with Crippen molar-refractivity contribution in [3.8, 4) is 5.75 Å². The smallest absolute Gasteiger partial charge is 0.255 e. The molecule has 0 unspecified atom stereocenters. The first kappa shape index (κ1) is 18.9. The quantitative estimate of drug-likeness (QED) is 0.812. The molecular formula is C17H22Cl2N2O3. The van der Waals surface area contributed by atoms with E-state index in [1.54, 1.807) is 11.0 Å². The van der Waals surface area contributed by atoms with E-state index in [0.29, 0.717) is 54.0 Å². The average molecular weight is 373 g/mol. The first-order chi connectivity index (χ1) is 11.5. The number of carbonyl (C=O) groups excluding carboxylic acids is 2. The molecule has 2 rings (SSSR count). The first-order valence-corrected chi connectivity index (χ1v) is 8.83. The maximum Gasteiger partial charge on any atom is 0.255 e. The van der Waals surface area contributed by atoms with Gasteiger partial charge in [0.2, 0.25) is 5.91 Å². The standard InChI is InChI=1S/C17H22Cl2N2O3/c1-3-5-16(22)20-6-4-7-21(9-8-20)17(23)12-10-14(19)15(24-2)11-13(12)18/h10-11H,3-9H2,1-2H3. The Labute approximate surface area is 152 Å². The molecule has 1 aromatic carbocycles. The monoisotopic (exact) mass is 372 g/mol. The SMILES string of the molecule is CCCC(=O)N1CCCN(C(=O)c2cc(Cl)c(OC)cc2Cl)CC1. The normalized spacial score (nSPS) is 15.2. The number of amides is 2. The molecule has 5 nitrogen and oxygen atoms in total. The summed E-state index contributed by atoms with van der Waals surface area (Å²) in [6, 6.07) is 3.09. The van der Waals surface area contributed by atoms with Crippen LogP contribution in [0.3, 0.4) is 0 Å². The molecule has 132 valence electrons. The van der Waals surface area contributed by atoms with Crippen molar-refractivity contribution in [2.75, 3.05) is 33.3 Å². The van der Waals surface area contributed by atoms with Gasteiger partial charge < -0.3 is 14.5 Å². The minimum atomic E-state index is -0.172. The molecule has 1 fully saturated rings. The van der Waals surface area contributed by atoms with Gasteiger partial charge in [0, 0.05) is 38.7 Å². The van der Waals surface area contributed by atoms with Crippen LogP contribution < -0.4 is 4.74 Å². The molecule has 1 saturated heterocycles. The minimum Gasteiger partial charge on any atom is -0.495 e. The fourth-order valence-corrected chi connectivity index (χ4v) is 3.24. The second-order valence-corrected chi connectivity index (χ2v) is 6.56. The zero-order chi connectivity index (χ0) is 17.7. The Bertz CT molecular complexity index is 622. The Morgan fingerprint density at radius 2 is 1.75 bits per heavy atom. The van der Waals surface area contributed by atoms with E-state index in [-0.39, 0.29) is 11.8 Å². The molecule has 0 bridgehead atoms. The highest BCUT2D eigenvalue weighted by Crippen LogP contribution is 2.31. The van der Waals surface area contributed by atoms with Crippen LogP contribution in [0, 0.1) is 0 Å². The number of benzene rings is 1. The number of carbonyl (C=O) groups is 2. The maximum atomic E-state index is 12.8. The Hall–Kier alpha value is -1.46. The van der Waals surface area contributed by atoms with Crippen molar-refractivity contribution >= 4 is 35.0 Å². The lowest BCUT2D eigenvalue weighted by molar-refractivity contribution is -0.131. The van der Waals surface area contributed by atoms with Crippen molar-refractivity contribution < 1.29 is 14.3 Å². The number of rotatable bonds is 4. The average Bonchev–Trinajstić information content (AvgIpc) is 2.82. The van der Waals surface area contributed by atoms with Crippen LogP contribution in [0.2, 0.25) is 10.0 Å². The molecule has 0 atom stereocenters. The van der Waals surface area contributed by atoms with E-state index in [9.17, 15) is 9.59 Å². The number of methoxy groups -OCH3 is 1. The van der Waals surface area contributed by atoms with E-state index in [4.69, 9.17) is 27.9 Å². The highest BCUT2D eigenvalue weighted by Gasteiger charge is 2.24. The molecule has 1 heterocycles. The predicted molar refractivity (Wildman–Crippen MR) is 95.0 cm³/mol. The van der Waals surface area contributed by atoms with Crippen molar-refractivity contribution in [1.82, 2.24) is 9.80 Å². The molecule has 1 aromatic rings. The van der Waals surface area contributed by atoms with Gasteiger partial charge in [0.05, 0.1) is 22.7 Å². The topological polar surface area (TPSA) is 49.9 Å². The molecule has 0 spiro atoms. The van der Waals surface area contributed by atoms with E-state index in [2.05, 4.69) is 0 Å². The highest BCUT2D eigenvalue weighted by molar-refractivity contribution is 6.36. The summed E-state index contributed by atoms with van der Waals surface area (Å²) in [5.74, 6) is 0.414. The number of nitrogens with zero attached hydrogens (tertiary/aromatic N) is 2. The van der Waals surface area contributed by atoms with Crippen LogP contribution >= 0.6 is 23.2 Å². The van der Waals surface area contributed by atoms with Gasteiger partial charge >= 0.3 is 0 Å². The summed E-state index contributed by atoms with van der Waals surface area (Å²) in [7, 11) is 1.50. The van der Waals surface area contributed by atoms with Crippen molar-refractivity contribution in [2.45, 2.75) is 26.2 Å². The Kier molecular flexibility index (Phi) is 6.75. The molecule has 2 amide bonds. The highest BCUT2D eigenvalue weighted by atomic mass is 35.5. The lowest BCUT2D eigenvalue weighted by Gasteiger charge is -2.23. The predicted octanol–water partition coefficient (Wildman–Crippen LogP) is 3.48. The summed E-state index contributed by atoms with van der Waals surface area (Å²) >= 11 is 12.3. The Morgan fingerprint density at radius 1 is 1.08 bits per heavy atom. The van der Waals surface area contributed by atoms with E-state index >= 15 is 0 Å². The van der Waals surface area contributed by atoms with Crippen LogP contribution in [0.5, 0.6) is 5.75 Å². The first-order valence-electron chi connectivity index (χ1n) is 8.08. The second-order valence-electron chi connectivity index (χ2n) is 5.74. The van der Waals surface area contributed by atoms with Gasteiger partial charge in [-0.1, -0.05) is 30.1 Å². The van der Waals surface area contributed by atoms with Crippen molar-refractivity contribution in [1.29, 1.82) is 0 Å². The number of ether oxygens (including phenoxy) is 1. The molecular weight excluding hydrogens is 351 g/mol. The van der Waals surface area contributed by atoms with E-state index in [0.717, 1.165) is 12.8 Å². The molecule has 0 aromatic heterocycles. The van der Waals surface area contributed by atoms with Crippen molar-refractivity contribution in [3.63, 3.8) is 0 Å². The van der Waals surface area contributed by atoms with Crippen molar-refractivity contribution in [2.24, 2.45) is 0 Å². The lowest BCUT2D eigenvalue weighted by atomic mass is 10.1. The summed E-state index contributed by atoms with van der Waals surface area (Å²) < 4.78 is 5.10. The fraction of sp³-hybridized carbons (Fsp3) is 0.529. The number of hydrogen-bond donors (Lipinski definition) is 0. The number of hydrogen-bond acceptors (Lipinski definition) is 3. The zero-order valence-corrected chi connectivity index (χ0v) is 15.5. The molecule has 0 saturated carbocycles. The van der Waals surface area contributed by atoms with Crippen LogP contribution in [-0.4, -0.2) is 54.9 Å². The summed E-state index contributed by atoms with van der Waals surface area (Å²) in [5.41, 5.74) is 0.357. The summed E-state index contributed by atoms with van der Waals surface area (Å²) in [5, 5.41) is 0.657. The van der Waals surface area contributed by atoms with Gasteiger partial charge in [0.1, 0.15) is 5.75 Å². The second kappa shape index (κ2) is 8.58. The van der Waals surface area contributed by atoms with Crippen LogP contribution in [0.25, 0.3) is 0 Å². The number of halogens is 2. The fourth-order valence-electron chi connectivity index (χ4n) is 2.76. The van der Waals surface area contributed by atoms with Gasteiger partial charge in [-0.05, 0) is 18.9 Å². The van der Waals surface area contributed by atoms with Crippen LogP contribution in [0.1, 0.15) is 36.5 Å². The summed E-state index contributed by atoms with van der Waals surface area (Å²) in [6.45, 7) is 4.30. The van der Waals surface area contributed by atoms with Gasteiger partial charge in [-0.15, -0.1) is 0 Å². The van der Waals surface area contributed by atoms with E-state index in [1.807, 2.05) is 11.8 Å². The Balaban J connectivity index is 2.11. The molecule has 0 radical (unpaired) electrons. The molecule has 0 aliphatic carbocycles. The van der Waals surface area contributed by atoms with Crippen molar-refractivity contribution in [3.05, 3.63) is 27.7 Å². The molecule has 1 aliphatic heterocycles. The van der Waals surface area contributed by atoms with Gasteiger partial charge in [-0.2, -0.15) is 0 Å². The van der Waals surface area contributed by atoms with E-state index in [1.165, 1.54) is 13.2 Å². The van der Waals surface area contributed by atoms with Gasteiger partial charge in [0.25, 0.3) is 5.91 Å². The molecule has 1 aliphatic rings. The third-order valence-electron chi connectivity index (χ3n) is 4.07. The van der Waals surface area contributed by atoms with E-state index < -0.39 is 0 Å². The molecule has 7 heteroatoms. The Morgan fingerprint density at radius 3 is 2.42 bits per heavy atom. The zero-order valence-electron chi connectivity index (χ0n) is 14.0. The lowest BCUT2D eigenvalue weighted by Crippen LogP contribution is -2.37. The van der Waals surface area contributed by atoms with Crippen LogP contribution in [-0.2, 0) is 4.79 Å². The largest absolute Gasteiger partial charge is 0.495 e. The van der Waals surface area contributed by atoms with Gasteiger partial charge in [-0.25, -0.2) is 0 Å². The maximum absolute atomic E-state index is 12.8. The van der Waals surface area contributed by atoms with Crippen LogP contribution in [0.15, 0.2) is 12.1 Å². The molecule has 24 heavy (non-hydrogen) atoms. The molecule has 0 N–H and O–H groups in total. The third-order valence-corrected chi connectivity index (χ3v) is 4.68. The minimum absolute atomic E-state index is 0.150. The summed E-state index contributed by atoms with van der Waals surface area (Å²) in [6.07, 6.45) is 2.13. The third kappa shape index (κ3) is 4.33. The van der Waals surface area contributed by atoms with Gasteiger partial charge in [-0.3, -0.25) is 9.59 Å². The van der Waals surface area contributed by atoms with Gasteiger partial charge in [0.15, 0.2) is 0 Å². The summed E-state index contributed by atoms with van der Waals surface area (Å²) in [4.78, 5) is 28.4. The van der Waals surface area contributed by atoms with Crippen LogP contribution in [0.4, 0.5) is 0 Å².